The second-order valence-corrected chi connectivity index (χ2v) is 4.96. The number of amides is 2. The Balaban J connectivity index is 3.72. The van der Waals surface area contributed by atoms with Gasteiger partial charge in [0.25, 0.3) is 0 Å². The molecule has 0 fully saturated rings. The Morgan fingerprint density at radius 3 is 2.25 bits per heavy atom. The minimum Gasteiger partial charge on any atom is -0.393 e. The van der Waals surface area contributed by atoms with Crippen molar-refractivity contribution in [1.82, 2.24) is 10.6 Å². The summed E-state index contributed by atoms with van der Waals surface area (Å²) in [4.78, 5) is 22.5. The zero-order chi connectivity index (χ0) is 12.8. The van der Waals surface area contributed by atoms with E-state index in [0.717, 1.165) is 0 Å². The number of hydrogen-bond acceptors (Lipinski definition) is 3. The van der Waals surface area contributed by atoms with Crippen molar-refractivity contribution in [2.24, 2.45) is 0 Å². The average Bonchev–Trinajstić information content (AvgIpc) is 2.08. The molecule has 16 heavy (non-hydrogen) atoms. The molecule has 0 saturated carbocycles. The Kier molecular flexibility index (Phi) is 6.03. The normalized spacial score (nSPS) is 13.1. The van der Waals surface area contributed by atoms with Gasteiger partial charge in [0.15, 0.2) is 0 Å². The lowest BCUT2D eigenvalue weighted by Crippen LogP contribution is -2.45. The van der Waals surface area contributed by atoms with E-state index in [4.69, 9.17) is 5.11 Å². The Morgan fingerprint density at radius 1 is 1.25 bits per heavy atom. The van der Waals surface area contributed by atoms with E-state index in [1.165, 1.54) is 0 Å². The van der Waals surface area contributed by atoms with Crippen LogP contribution in [0.25, 0.3) is 0 Å². The van der Waals surface area contributed by atoms with E-state index < -0.39 is 6.10 Å². The van der Waals surface area contributed by atoms with Gasteiger partial charge in [0.05, 0.1) is 12.6 Å². The lowest BCUT2D eigenvalue weighted by atomic mass is 10.1. The van der Waals surface area contributed by atoms with Crippen LogP contribution in [0.1, 0.15) is 40.5 Å². The highest BCUT2D eigenvalue weighted by Crippen LogP contribution is 1.97. The van der Waals surface area contributed by atoms with Gasteiger partial charge in [-0.25, -0.2) is 0 Å². The van der Waals surface area contributed by atoms with Gasteiger partial charge < -0.3 is 15.7 Å². The summed E-state index contributed by atoms with van der Waals surface area (Å²) in [5, 5.41) is 14.2. The molecule has 0 spiro atoms. The standard InChI is InChI=1S/C11H22N2O3/c1-8(14)5-6-9(15)12-7-10(16)13-11(2,3)4/h8,14H,5-7H2,1-4H3,(H,12,15)(H,13,16). The van der Waals surface area contributed by atoms with Crippen LogP contribution in [0.15, 0.2) is 0 Å². The summed E-state index contributed by atoms with van der Waals surface area (Å²) in [5.74, 6) is -0.428. The first-order valence-corrected chi connectivity index (χ1v) is 5.46. The predicted octanol–water partition coefficient (Wildman–Crippen LogP) is 0.178. The van der Waals surface area contributed by atoms with Crippen molar-refractivity contribution in [3.05, 3.63) is 0 Å². The van der Waals surface area contributed by atoms with Crippen molar-refractivity contribution in [1.29, 1.82) is 0 Å². The second kappa shape index (κ2) is 6.48. The zero-order valence-corrected chi connectivity index (χ0v) is 10.5. The van der Waals surface area contributed by atoms with Gasteiger partial charge in [-0.05, 0) is 34.1 Å². The van der Waals surface area contributed by atoms with Gasteiger partial charge in [-0.2, -0.15) is 0 Å². The molecule has 0 aromatic heterocycles. The van der Waals surface area contributed by atoms with Crippen LogP contribution in [0, 0.1) is 0 Å². The van der Waals surface area contributed by atoms with Crippen LogP contribution in [0.2, 0.25) is 0 Å². The topological polar surface area (TPSA) is 78.4 Å². The largest absolute Gasteiger partial charge is 0.393 e. The third-order valence-electron chi connectivity index (χ3n) is 1.75. The van der Waals surface area contributed by atoms with Crippen molar-refractivity contribution in [2.45, 2.75) is 52.2 Å². The molecule has 0 aliphatic heterocycles. The molecule has 0 saturated heterocycles. The van der Waals surface area contributed by atoms with Crippen molar-refractivity contribution in [3.8, 4) is 0 Å². The van der Waals surface area contributed by atoms with E-state index in [1.54, 1.807) is 6.92 Å². The summed E-state index contributed by atoms with van der Waals surface area (Å²) >= 11 is 0. The highest BCUT2D eigenvalue weighted by atomic mass is 16.3. The van der Waals surface area contributed by atoms with Crippen molar-refractivity contribution < 1.29 is 14.7 Å². The predicted molar refractivity (Wildman–Crippen MR) is 61.8 cm³/mol. The van der Waals surface area contributed by atoms with Crippen molar-refractivity contribution >= 4 is 11.8 Å². The maximum atomic E-state index is 11.3. The number of nitrogens with one attached hydrogen (secondary N) is 2. The van der Waals surface area contributed by atoms with E-state index in [9.17, 15) is 9.59 Å². The second-order valence-electron chi connectivity index (χ2n) is 4.96. The van der Waals surface area contributed by atoms with Crippen LogP contribution in [-0.4, -0.2) is 35.1 Å². The summed E-state index contributed by atoms with van der Waals surface area (Å²) in [6.07, 6.45) is 0.154. The van der Waals surface area contributed by atoms with Crippen molar-refractivity contribution in [2.75, 3.05) is 6.54 Å². The van der Waals surface area contributed by atoms with Crippen LogP contribution in [0.3, 0.4) is 0 Å². The number of carbonyl (C=O) groups is 2. The van der Waals surface area contributed by atoms with Gasteiger partial charge in [-0.15, -0.1) is 0 Å². The van der Waals surface area contributed by atoms with Gasteiger partial charge in [0.2, 0.25) is 11.8 Å². The fourth-order valence-corrected chi connectivity index (χ4v) is 1.07. The number of hydrogen-bond donors (Lipinski definition) is 3. The molecule has 5 heteroatoms. The van der Waals surface area contributed by atoms with E-state index in [0.29, 0.717) is 6.42 Å². The molecule has 0 aromatic rings. The molecule has 0 aromatic carbocycles. The van der Waals surface area contributed by atoms with Crippen LogP contribution >= 0.6 is 0 Å². The highest BCUT2D eigenvalue weighted by Gasteiger charge is 2.14. The van der Waals surface area contributed by atoms with E-state index >= 15 is 0 Å². The first-order chi connectivity index (χ1) is 7.20. The van der Waals surface area contributed by atoms with Gasteiger partial charge in [-0.1, -0.05) is 0 Å². The molecule has 94 valence electrons. The third-order valence-corrected chi connectivity index (χ3v) is 1.75. The Morgan fingerprint density at radius 2 is 1.81 bits per heavy atom. The van der Waals surface area contributed by atoms with Gasteiger partial charge in [-0.3, -0.25) is 9.59 Å². The van der Waals surface area contributed by atoms with Crippen LogP contribution < -0.4 is 10.6 Å². The summed E-state index contributed by atoms with van der Waals surface area (Å²) in [7, 11) is 0. The fourth-order valence-electron chi connectivity index (χ4n) is 1.07. The van der Waals surface area contributed by atoms with Gasteiger partial charge in [0, 0.05) is 12.0 Å². The number of rotatable bonds is 5. The van der Waals surface area contributed by atoms with Crippen LogP contribution in [0.5, 0.6) is 0 Å². The number of aliphatic hydroxyl groups excluding tert-OH is 1. The molecule has 0 bridgehead atoms. The molecule has 5 nitrogen and oxygen atoms in total. The van der Waals surface area contributed by atoms with Crippen LogP contribution in [-0.2, 0) is 9.59 Å². The van der Waals surface area contributed by atoms with E-state index in [2.05, 4.69) is 10.6 Å². The Labute approximate surface area is 96.6 Å². The molecule has 0 heterocycles. The van der Waals surface area contributed by atoms with E-state index in [1.807, 2.05) is 20.8 Å². The summed E-state index contributed by atoms with van der Waals surface area (Å²) in [6.45, 7) is 7.23. The first-order valence-electron chi connectivity index (χ1n) is 5.46. The molecular formula is C11H22N2O3. The summed E-state index contributed by atoms with van der Waals surface area (Å²) < 4.78 is 0. The summed E-state index contributed by atoms with van der Waals surface area (Å²) in [5.41, 5.74) is -0.290. The molecule has 1 atom stereocenters. The van der Waals surface area contributed by atoms with Crippen LogP contribution in [0.4, 0.5) is 0 Å². The minimum absolute atomic E-state index is 0.0179. The lowest BCUT2D eigenvalue weighted by molar-refractivity contribution is -0.127. The molecule has 3 N–H and O–H groups in total. The van der Waals surface area contributed by atoms with E-state index in [-0.39, 0.29) is 30.3 Å². The average molecular weight is 230 g/mol. The monoisotopic (exact) mass is 230 g/mol. The molecular weight excluding hydrogens is 208 g/mol. The number of aliphatic hydroxyl groups is 1. The molecule has 0 radical (unpaired) electrons. The Hall–Kier alpha value is -1.10. The molecule has 1 unspecified atom stereocenters. The van der Waals surface area contributed by atoms with Gasteiger partial charge >= 0.3 is 0 Å². The number of carbonyl (C=O) groups excluding carboxylic acids is 2. The van der Waals surface area contributed by atoms with Crippen molar-refractivity contribution in [3.63, 3.8) is 0 Å². The smallest absolute Gasteiger partial charge is 0.239 e. The fraction of sp³-hybridized carbons (Fsp3) is 0.818. The molecule has 2 amide bonds. The maximum Gasteiger partial charge on any atom is 0.239 e. The molecule has 0 aliphatic carbocycles. The maximum absolute atomic E-state index is 11.3. The molecule has 0 aliphatic rings. The van der Waals surface area contributed by atoms with Gasteiger partial charge in [0.1, 0.15) is 0 Å². The lowest BCUT2D eigenvalue weighted by Gasteiger charge is -2.20. The first kappa shape index (κ1) is 14.9. The quantitative estimate of drug-likeness (QED) is 0.630. The molecule has 0 rings (SSSR count). The highest BCUT2D eigenvalue weighted by molar-refractivity contribution is 5.84. The summed E-state index contributed by atoms with van der Waals surface area (Å²) in [6, 6.07) is 0. The zero-order valence-electron chi connectivity index (χ0n) is 10.5. The third kappa shape index (κ3) is 9.45. The Bertz CT molecular complexity index is 244. The SMILES string of the molecule is CC(O)CCC(=O)NCC(=O)NC(C)(C)C. The minimum atomic E-state index is -0.492.